The molecule has 0 spiro atoms. The molecule has 0 heterocycles. The lowest BCUT2D eigenvalue weighted by Gasteiger charge is -2.11. The van der Waals surface area contributed by atoms with Gasteiger partial charge >= 0.3 is 0 Å². The lowest BCUT2D eigenvalue weighted by Crippen LogP contribution is -2.04. The number of benzene rings is 2. The smallest absolute Gasteiger partial charge is 0.221 e. The molecule has 2 atom stereocenters. The number of halogens is 1. The molecule has 1 saturated carbocycles. The van der Waals surface area contributed by atoms with Gasteiger partial charge in [0, 0.05) is 21.9 Å². The SMILES string of the molecule is O=[N+]([O-])C1CC1c1ccc(Cl)cc1OCc1ccccc1. The lowest BCUT2D eigenvalue weighted by molar-refractivity contribution is -0.496. The predicted octanol–water partition coefficient (Wildman–Crippen LogP) is 4.05. The molecule has 0 N–H and O–H groups in total. The Balaban J connectivity index is 1.78. The van der Waals surface area contributed by atoms with Crippen LogP contribution in [0, 0.1) is 10.1 Å². The topological polar surface area (TPSA) is 52.4 Å². The molecule has 2 unspecified atom stereocenters. The van der Waals surface area contributed by atoms with Gasteiger partial charge in [0.05, 0.1) is 5.92 Å². The van der Waals surface area contributed by atoms with Gasteiger partial charge < -0.3 is 4.74 Å². The molecule has 21 heavy (non-hydrogen) atoms. The molecular formula is C16H14ClNO3. The van der Waals surface area contributed by atoms with Crippen molar-refractivity contribution in [3.8, 4) is 5.75 Å². The first kappa shape index (κ1) is 13.9. The highest BCUT2D eigenvalue weighted by atomic mass is 35.5. The van der Waals surface area contributed by atoms with Gasteiger partial charge in [0.15, 0.2) is 0 Å². The molecule has 5 heteroatoms. The first-order valence-electron chi connectivity index (χ1n) is 6.75. The Labute approximate surface area is 127 Å². The standard InChI is InChI=1S/C16H14ClNO3/c17-12-6-7-13(14-9-15(14)18(19)20)16(8-12)21-10-11-4-2-1-3-5-11/h1-8,14-15H,9-10H2. The summed E-state index contributed by atoms with van der Waals surface area (Å²) in [7, 11) is 0. The van der Waals surface area contributed by atoms with Crippen molar-refractivity contribution in [3.63, 3.8) is 0 Å². The third-order valence-corrected chi connectivity index (χ3v) is 3.87. The van der Waals surface area contributed by atoms with Crippen LogP contribution in [0.25, 0.3) is 0 Å². The van der Waals surface area contributed by atoms with Crippen LogP contribution in [-0.2, 0) is 6.61 Å². The summed E-state index contributed by atoms with van der Waals surface area (Å²) in [6, 6.07) is 14.6. The highest BCUT2D eigenvalue weighted by Crippen LogP contribution is 2.47. The van der Waals surface area contributed by atoms with Crippen LogP contribution in [-0.4, -0.2) is 11.0 Å². The van der Waals surface area contributed by atoms with E-state index in [1.165, 1.54) is 0 Å². The fraction of sp³-hybridized carbons (Fsp3) is 0.250. The minimum Gasteiger partial charge on any atom is -0.489 e. The van der Waals surface area contributed by atoms with Gasteiger partial charge in [0.2, 0.25) is 6.04 Å². The Hall–Kier alpha value is -2.07. The molecule has 0 aliphatic heterocycles. The Morgan fingerprint density at radius 1 is 1.24 bits per heavy atom. The zero-order valence-electron chi connectivity index (χ0n) is 11.2. The van der Waals surface area contributed by atoms with E-state index in [4.69, 9.17) is 16.3 Å². The van der Waals surface area contributed by atoms with Crippen molar-refractivity contribution >= 4 is 11.6 Å². The summed E-state index contributed by atoms with van der Waals surface area (Å²) in [5.41, 5.74) is 1.92. The highest BCUT2D eigenvalue weighted by molar-refractivity contribution is 6.30. The summed E-state index contributed by atoms with van der Waals surface area (Å²) >= 11 is 6.01. The second-order valence-corrected chi connectivity index (χ2v) is 5.59. The monoisotopic (exact) mass is 303 g/mol. The van der Waals surface area contributed by atoms with Gasteiger partial charge in [-0.3, -0.25) is 10.1 Å². The van der Waals surface area contributed by atoms with E-state index in [-0.39, 0.29) is 10.8 Å². The van der Waals surface area contributed by atoms with Crippen LogP contribution in [0.2, 0.25) is 5.02 Å². The number of hydrogen-bond acceptors (Lipinski definition) is 3. The molecule has 0 bridgehead atoms. The average Bonchev–Trinajstić information content (AvgIpc) is 3.27. The van der Waals surface area contributed by atoms with E-state index in [0.717, 1.165) is 11.1 Å². The quantitative estimate of drug-likeness (QED) is 0.618. The first-order chi connectivity index (χ1) is 10.1. The van der Waals surface area contributed by atoms with Crippen molar-refractivity contribution in [2.45, 2.75) is 25.0 Å². The van der Waals surface area contributed by atoms with Crippen LogP contribution in [0.4, 0.5) is 0 Å². The van der Waals surface area contributed by atoms with Crippen LogP contribution in [0.1, 0.15) is 23.5 Å². The van der Waals surface area contributed by atoms with Crippen molar-refractivity contribution in [3.05, 3.63) is 74.8 Å². The van der Waals surface area contributed by atoms with E-state index in [0.29, 0.717) is 23.8 Å². The first-order valence-corrected chi connectivity index (χ1v) is 7.12. The van der Waals surface area contributed by atoms with Gasteiger partial charge in [-0.25, -0.2) is 0 Å². The molecule has 2 aromatic carbocycles. The average molecular weight is 304 g/mol. The van der Waals surface area contributed by atoms with E-state index in [1.807, 2.05) is 36.4 Å². The zero-order chi connectivity index (χ0) is 14.8. The third kappa shape index (κ3) is 3.16. The normalized spacial score (nSPS) is 20.0. The van der Waals surface area contributed by atoms with Crippen molar-refractivity contribution in [1.29, 1.82) is 0 Å². The van der Waals surface area contributed by atoms with Crippen LogP contribution in [0.5, 0.6) is 5.75 Å². The van der Waals surface area contributed by atoms with Gasteiger partial charge in [-0.05, 0) is 17.7 Å². The summed E-state index contributed by atoms with van der Waals surface area (Å²) in [5.74, 6) is 0.573. The van der Waals surface area contributed by atoms with E-state index >= 15 is 0 Å². The van der Waals surface area contributed by atoms with Crippen LogP contribution >= 0.6 is 11.6 Å². The number of hydrogen-bond donors (Lipinski definition) is 0. The molecule has 0 aromatic heterocycles. The molecule has 1 aliphatic carbocycles. The second kappa shape index (κ2) is 5.74. The predicted molar refractivity (Wildman–Crippen MR) is 80.4 cm³/mol. The summed E-state index contributed by atoms with van der Waals surface area (Å²) in [5, 5.41) is 11.4. The zero-order valence-corrected chi connectivity index (χ0v) is 12.0. The van der Waals surface area contributed by atoms with Gasteiger partial charge in [0.1, 0.15) is 12.4 Å². The summed E-state index contributed by atoms with van der Waals surface area (Å²) in [6.07, 6.45) is 0.566. The minimum absolute atomic E-state index is 0.0666. The maximum Gasteiger partial charge on any atom is 0.221 e. The van der Waals surface area contributed by atoms with Gasteiger partial charge in [-0.2, -0.15) is 0 Å². The molecule has 4 nitrogen and oxygen atoms in total. The largest absolute Gasteiger partial charge is 0.489 e. The molecule has 0 radical (unpaired) electrons. The molecule has 0 saturated heterocycles. The molecule has 3 rings (SSSR count). The minimum atomic E-state index is -0.495. The number of ether oxygens (including phenoxy) is 1. The molecule has 1 fully saturated rings. The molecule has 1 aliphatic rings. The van der Waals surface area contributed by atoms with Crippen LogP contribution in [0.15, 0.2) is 48.5 Å². The van der Waals surface area contributed by atoms with E-state index in [2.05, 4.69) is 0 Å². The Bertz CT molecular complexity index is 660. The van der Waals surface area contributed by atoms with E-state index in [1.54, 1.807) is 12.1 Å². The van der Waals surface area contributed by atoms with E-state index in [9.17, 15) is 10.1 Å². The Morgan fingerprint density at radius 3 is 2.67 bits per heavy atom. The Kier molecular flexibility index (Phi) is 3.80. The van der Waals surface area contributed by atoms with Gasteiger partial charge in [0.25, 0.3) is 0 Å². The molecule has 108 valence electrons. The van der Waals surface area contributed by atoms with Crippen LogP contribution < -0.4 is 4.74 Å². The summed E-state index contributed by atoms with van der Waals surface area (Å²) in [6.45, 7) is 0.421. The molecular weight excluding hydrogens is 290 g/mol. The van der Waals surface area contributed by atoms with E-state index < -0.39 is 6.04 Å². The van der Waals surface area contributed by atoms with Gasteiger partial charge in [-0.15, -0.1) is 0 Å². The Morgan fingerprint density at radius 2 is 2.00 bits per heavy atom. The van der Waals surface area contributed by atoms with Crippen molar-refractivity contribution in [1.82, 2.24) is 0 Å². The molecule has 0 amide bonds. The van der Waals surface area contributed by atoms with Crippen molar-refractivity contribution < 1.29 is 9.66 Å². The lowest BCUT2D eigenvalue weighted by atomic mass is 10.1. The fourth-order valence-corrected chi connectivity index (χ4v) is 2.59. The third-order valence-electron chi connectivity index (χ3n) is 3.64. The maximum absolute atomic E-state index is 10.8. The summed E-state index contributed by atoms with van der Waals surface area (Å²) in [4.78, 5) is 10.6. The number of nitrogens with zero attached hydrogens (tertiary/aromatic N) is 1. The van der Waals surface area contributed by atoms with Crippen LogP contribution in [0.3, 0.4) is 0 Å². The van der Waals surface area contributed by atoms with Crippen molar-refractivity contribution in [2.75, 3.05) is 0 Å². The highest BCUT2D eigenvalue weighted by Gasteiger charge is 2.50. The maximum atomic E-state index is 10.8. The van der Waals surface area contributed by atoms with Crippen molar-refractivity contribution in [2.24, 2.45) is 0 Å². The number of rotatable bonds is 5. The van der Waals surface area contributed by atoms with Gasteiger partial charge in [-0.1, -0.05) is 48.0 Å². The number of nitro groups is 1. The molecule has 2 aromatic rings. The second-order valence-electron chi connectivity index (χ2n) is 5.15. The fourth-order valence-electron chi connectivity index (χ4n) is 2.42. The summed E-state index contributed by atoms with van der Waals surface area (Å²) < 4.78 is 5.83.